The van der Waals surface area contributed by atoms with E-state index in [1.54, 1.807) is 18.0 Å². The van der Waals surface area contributed by atoms with Crippen LogP contribution in [0.2, 0.25) is 0 Å². The van der Waals surface area contributed by atoms with E-state index in [-0.39, 0.29) is 18.6 Å². The number of ether oxygens (including phenoxy) is 1. The number of rotatable bonds is 4. The average Bonchev–Trinajstić information content (AvgIpc) is 2.23. The van der Waals surface area contributed by atoms with Gasteiger partial charge in [0.2, 0.25) is 6.19 Å². The lowest BCUT2D eigenvalue weighted by molar-refractivity contribution is -0.143. The zero-order valence-electron chi connectivity index (χ0n) is 10.1. The van der Waals surface area contributed by atoms with Crippen molar-refractivity contribution >= 4 is 22.9 Å². The molecule has 0 aromatic carbocycles. The SMILES string of the molecule is CCOC(=O)CN(C(=NC#N)SC)C(C)C. The van der Waals surface area contributed by atoms with Crippen LogP contribution in [0.15, 0.2) is 4.99 Å². The number of carbonyl (C=O) groups excluding carboxylic acids is 1. The summed E-state index contributed by atoms with van der Waals surface area (Å²) in [6, 6.07) is 0.0870. The Hall–Kier alpha value is -1.22. The molecule has 16 heavy (non-hydrogen) atoms. The monoisotopic (exact) mass is 243 g/mol. The van der Waals surface area contributed by atoms with E-state index in [4.69, 9.17) is 10.00 Å². The first kappa shape index (κ1) is 14.8. The molecule has 5 nitrogen and oxygen atoms in total. The predicted molar refractivity (Wildman–Crippen MR) is 65.0 cm³/mol. The van der Waals surface area contributed by atoms with Gasteiger partial charge in [0.25, 0.3) is 0 Å². The number of esters is 1. The molecule has 0 amide bonds. The molecule has 0 N–H and O–H groups in total. The molecule has 0 saturated heterocycles. The van der Waals surface area contributed by atoms with Crippen molar-refractivity contribution in [3.8, 4) is 6.19 Å². The second-order valence-electron chi connectivity index (χ2n) is 3.23. The van der Waals surface area contributed by atoms with Gasteiger partial charge in [-0.2, -0.15) is 5.26 Å². The Bertz CT molecular complexity index is 297. The van der Waals surface area contributed by atoms with Gasteiger partial charge in [0.15, 0.2) is 5.17 Å². The van der Waals surface area contributed by atoms with Crippen molar-refractivity contribution in [1.82, 2.24) is 4.90 Å². The van der Waals surface area contributed by atoms with Crippen molar-refractivity contribution < 1.29 is 9.53 Å². The van der Waals surface area contributed by atoms with E-state index < -0.39 is 0 Å². The summed E-state index contributed by atoms with van der Waals surface area (Å²) in [5.74, 6) is -0.309. The highest BCUT2D eigenvalue weighted by atomic mass is 32.2. The molecular weight excluding hydrogens is 226 g/mol. The van der Waals surface area contributed by atoms with E-state index in [0.29, 0.717) is 11.8 Å². The smallest absolute Gasteiger partial charge is 0.325 e. The first-order valence-electron chi connectivity index (χ1n) is 4.99. The Balaban J connectivity index is 4.68. The van der Waals surface area contributed by atoms with Crippen LogP contribution in [-0.4, -0.2) is 41.5 Å². The van der Waals surface area contributed by atoms with Crippen molar-refractivity contribution in [3.05, 3.63) is 0 Å². The molecule has 0 fully saturated rings. The van der Waals surface area contributed by atoms with Crippen LogP contribution in [0, 0.1) is 11.5 Å². The van der Waals surface area contributed by atoms with Gasteiger partial charge in [-0.1, -0.05) is 11.8 Å². The summed E-state index contributed by atoms with van der Waals surface area (Å²) < 4.78 is 4.87. The number of carbonyl (C=O) groups is 1. The molecule has 0 radical (unpaired) electrons. The third-order valence-electron chi connectivity index (χ3n) is 1.80. The minimum atomic E-state index is -0.309. The maximum atomic E-state index is 11.4. The lowest BCUT2D eigenvalue weighted by Gasteiger charge is -2.27. The van der Waals surface area contributed by atoms with Crippen LogP contribution in [0.5, 0.6) is 0 Å². The third-order valence-corrected chi connectivity index (χ3v) is 2.49. The number of hydrogen-bond donors (Lipinski definition) is 0. The Morgan fingerprint density at radius 3 is 2.62 bits per heavy atom. The van der Waals surface area contributed by atoms with Gasteiger partial charge in [-0.3, -0.25) is 4.79 Å². The number of amidine groups is 1. The van der Waals surface area contributed by atoms with Crippen molar-refractivity contribution in [2.24, 2.45) is 4.99 Å². The summed E-state index contributed by atoms with van der Waals surface area (Å²) in [6.45, 7) is 6.10. The average molecular weight is 243 g/mol. The van der Waals surface area contributed by atoms with Gasteiger partial charge in [0.1, 0.15) is 6.54 Å². The highest BCUT2D eigenvalue weighted by Gasteiger charge is 2.18. The van der Waals surface area contributed by atoms with Gasteiger partial charge in [-0.25, -0.2) is 0 Å². The van der Waals surface area contributed by atoms with Crippen LogP contribution in [0.3, 0.4) is 0 Å². The standard InChI is InChI=1S/C10H17N3O2S/c1-5-15-9(14)6-13(8(2)3)10(16-4)12-7-11/h8H,5-6H2,1-4H3. The van der Waals surface area contributed by atoms with E-state index in [2.05, 4.69) is 4.99 Å². The number of nitrogens with zero attached hydrogens (tertiary/aromatic N) is 3. The molecule has 0 aliphatic rings. The number of aliphatic imine (C=N–C) groups is 1. The minimum Gasteiger partial charge on any atom is -0.465 e. The first-order chi connectivity index (χ1) is 7.56. The zero-order valence-corrected chi connectivity index (χ0v) is 10.9. The lowest BCUT2D eigenvalue weighted by atomic mass is 10.3. The third kappa shape index (κ3) is 5.03. The maximum Gasteiger partial charge on any atom is 0.325 e. The Kier molecular flexibility index (Phi) is 7.38. The predicted octanol–water partition coefficient (Wildman–Crippen LogP) is 1.46. The normalized spacial score (nSPS) is 11.1. The summed E-state index contributed by atoms with van der Waals surface area (Å²) in [7, 11) is 0. The highest BCUT2D eigenvalue weighted by Crippen LogP contribution is 2.09. The van der Waals surface area contributed by atoms with E-state index in [0.717, 1.165) is 0 Å². The molecule has 0 bridgehead atoms. The Morgan fingerprint density at radius 2 is 2.25 bits per heavy atom. The molecule has 0 spiro atoms. The fourth-order valence-electron chi connectivity index (χ4n) is 1.09. The second kappa shape index (κ2) is 7.99. The van der Waals surface area contributed by atoms with E-state index in [9.17, 15) is 4.79 Å². The van der Waals surface area contributed by atoms with Crippen molar-refractivity contribution in [2.45, 2.75) is 26.8 Å². The summed E-state index contributed by atoms with van der Waals surface area (Å²) in [4.78, 5) is 16.8. The fraction of sp³-hybridized carbons (Fsp3) is 0.700. The number of hydrogen-bond acceptors (Lipinski definition) is 5. The molecule has 0 unspecified atom stereocenters. The van der Waals surface area contributed by atoms with Crippen molar-refractivity contribution in [3.63, 3.8) is 0 Å². The largest absolute Gasteiger partial charge is 0.465 e. The number of thioether (sulfide) groups is 1. The summed E-state index contributed by atoms with van der Waals surface area (Å²) in [6.07, 6.45) is 3.55. The maximum absolute atomic E-state index is 11.4. The summed E-state index contributed by atoms with van der Waals surface area (Å²) in [5.41, 5.74) is 0. The number of nitriles is 1. The fourth-order valence-corrected chi connectivity index (χ4v) is 1.73. The molecule has 0 aromatic heterocycles. The molecule has 90 valence electrons. The van der Waals surface area contributed by atoms with Crippen LogP contribution in [0.4, 0.5) is 0 Å². The molecular formula is C10H17N3O2S. The van der Waals surface area contributed by atoms with E-state index in [1.165, 1.54) is 11.8 Å². The minimum absolute atomic E-state index is 0.0870. The van der Waals surface area contributed by atoms with Crippen molar-refractivity contribution in [2.75, 3.05) is 19.4 Å². The van der Waals surface area contributed by atoms with Gasteiger partial charge in [-0.15, -0.1) is 4.99 Å². The van der Waals surface area contributed by atoms with E-state index >= 15 is 0 Å². The molecule has 0 aliphatic carbocycles. The van der Waals surface area contributed by atoms with Gasteiger partial charge in [0, 0.05) is 6.04 Å². The molecule has 0 saturated carbocycles. The van der Waals surface area contributed by atoms with Gasteiger partial charge >= 0.3 is 5.97 Å². The van der Waals surface area contributed by atoms with Crippen LogP contribution in [0.1, 0.15) is 20.8 Å². The quantitative estimate of drug-likeness (QED) is 0.324. The zero-order chi connectivity index (χ0) is 12.6. The van der Waals surface area contributed by atoms with Crippen LogP contribution < -0.4 is 0 Å². The van der Waals surface area contributed by atoms with Crippen LogP contribution in [0.25, 0.3) is 0 Å². The molecule has 0 aliphatic heterocycles. The van der Waals surface area contributed by atoms with Crippen LogP contribution in [-0.2, 0) is 9.53 Å². The highest BCUT2D eigenvalue weighted by molar-refractivity contribution is 8.13. The van der Waals surface area contributed by atoms with E-state index in [1.807, 2.05) is 20.1 Å². The molecule has 0 heterocycles. The molecule has 0 rings (SSSR count). The van der Waals surface area contributed by atoms with Gasteiger partial charge in [0.05, 0.1) is 6.61 Å². The summed E-state index contributed by atoms with van der Waals surface area (Å²) >= 11 is 1.34. The van der Waals surface area contributed by atoms with Crippen LogP contribution >= 0.6 is 11.8 Å². The topological polar surface area (TPSA) is 65.7 Å². The lowest BCUT2D eigenvalue weighted by Crippen LogP contribution is -2.39. The molecule has 0 aromatic rings. The van der Waals surface area contributed by atoms with Crippen molar-refractivity contribution in [1.29, 1.82) is 5.26 Å². The Morgan fingerprint density at radius 1 is 1.62 bits per heavy atom. The van der Waals surface area contributed by atoms with Gasteiger partial charge < -0.3 is 9.64 Å². The Labute approximate surface area is 100 Å². The summed E-state index contributed by atoms with van der Waals surface area (Å²) in [5, 5.41) is 9.08. The molecule has 6 heteroatoms. The second-order valence-corrected chi connectivity index (χ2v) is 4.00. The molecule has 0 atom stereocenters. The van der Waals surface area contributed by atoms with Gasteiger partial charge in [-0.05, 0) is 27.0 Å². The first-order valence-corrected chi connectivity index (χ1v) is 6.22.